The van der Waals surface area contributed by atoms with Crippen LogP contribution in [0.25, 0.3) is 0 Å². The smallest absolute Gasteiger partial charge is 0.326 e. The van der Waals surface area contributed by atoms with Gasteiger partial charge in [0.15, 0.2) is 0 Å². The number of carbonyl (C=O) groups excluding carboxylic acids is 4. The number of carboxylic acids is 1. The van der Waals surface area contributed by atoms with Crippen molar-refractivity contribution in [1.82, 2.24) is 16.0 Å². The summed E-state index contributed by atoms with van der Waals surface area (Å²) < 4.78 is 0. The van der Waals surface area contributed by atoms with Gasteiger partial charge in [0.05, 0.1) is 6.04 Å². The summed E-state index contributed by atoms with van der Waals surface area (Å²) in [5, 5.41) is 16.5. The number of thiol groups is 1. The zero-order chi connectivity index (χ0) is 22.7. The van der Waals surface area contributed by atoms with Gasteiger partial charge in [-0.3, -0.25) is 19.2 Å². The lowest BCUT2D eigenvalue weighted by atomic mass is 9.99. The van der Waals surface area contributed by atoms with Crippen molar-refractivity contribution < 1.29 is 29.1 Å². The van der Waals surface area contributed by atoms with Crippen LogP contribution in [0.1, 0.15) is 40.0 Å². The second-order valence-corrected chi connectivity index (χ2v) is 7.17. The van der Waals surface area contributed by atoms with Gasteiger partial charge in [-0.05, 0) is 19.3 Å². The number of hydrogen-bond acceptors (Lipinski definition) is 7. The molecular formula is C17H31N5O6S. The van der Waals surface area contributed by atoms with Gasteiger partial charge in [-0.2, -0.15) is 12.6 Å². The maximum atomic E-state index is 12.5. The molecule has 0 radical (unpaired) electrons. The molecule has 0 heterocycles. The monoisotopic (exact) mass is 433 g/mol. The molecule has 0 aromatic heterocycles. The summed E-state index contributed by atoms with van der Waals surface area (Å²) in [6.07, 6.45) is 0.253. The molecule has 0 bridgehead atoms. The first kappa shape index (κ1) is 26.7. The number of nitrogens with two attached hydrogens (primary N) is 2. The van der Waals surface area contributed by atoms with Crippen LogP contribution in [0.5, 0.6) is 0 Å². The summed E-state index contributed by atoms with van der Waals surface area (Å²) in [6.45, 7) is 4.88. The maximum Gasteiger partial charge on any atom is 0.326 e. The lowest BCUT2D eigenvalue weighted by Crippen LogP contribution is -2.58. The molecule has 5 unspecified atom stereocenters. The molecule has 0 aliphatic rings. The van der Waals surface area contributed by atoms with Crippen LogP contribution in [0.15, 0.2) is 0 Å². The summed E-state index contributed by atoms with van der Waals surface area (Å²) >= 11 is 4.03. The molecule has 29 heavy (non-hydrogen) atoms. The first-order chi connectivity index (χ1) is 13.4. The molecule has 0 spiro atoms. The van der Waals surface area contributed by atoms with Crippen molar-refractivity contribution >= 4 is 42.2 Å². The fourth-order valence-electron chi connectivity index (χ4n) is 2.26. The Bertz CT molecular complexity index is 615. The molecule has 0 fully saturated rings. The highest BCUT2D eigenvalue weighted by atomic mass is 32.1. The van der Waals surface area contributed by atoms with E-state index in [2.05, 4.69) is 28.6 Å². The van der Waals surface area contributed by atoms with Crippen LogP contribution in [0, 0.1) is 5.92 Å². The largest absolute Gasteiger partial charge is 0.480 e. The highest BCUT2D eigenvalue weighted by Crippen LogP contribution is 2.08. The van der Waals surface area contributed by atoms with E-state index in [-0.39, 0.29) is 24.5 Å². The predicted octanol–water partition coefficient (Wildman–Crippen LogP) is -1.89. The third-order valence-corrected chi connectivity index (χ3v) is 4.68. The third kappa shape index (κ3) is 9.61. The summed E-state index contributed by atoms with van der Waals surface area (Å²) in [7, 11) is 0. The molecule has 0 aliphatic heterocycles. The van der Waals surface area contributed by atoms with Crippen molar-refractivity contribution in [2.45, 2.75) is 64.2 Å². The Labute approximate surface area is 175 Å². The maximum absolute atomic E-state index is 12.5. The molecule has 166 valence electrons. The Morgan fingerprint density at radius 2 is 1.48 bits per heavy atom. The Balaban J connectivity index is 5.24. The molecule has 0 saturated heterocycles. The molecule has 0 saturated carbocycles. The van der Waals surface area contributed by atoms with Crippen LogP contribution in [-0.2, 0) is 24.0 Å². The second kappa shape index (κ2) is 13.0. The summed E-state index contributed by atoms with van der Waals surface area (Å²) in [5.41, 5.74) is 10.6. The summed E-state index contributed by atoms with van der Waals surface area (Å²) in [6, 6.07) is -4.33. The standard InChI is InChI=1S/C17H31N5O6S/c1-4-8(2)13(17(27)28)22-16(26)11(7-29)21-15(25)10(5-6-12(19)23)20-14(24)9(3)18/h8-11,13,29H,4-7,18H2,1-3H3,(H2,19,23)(H,20,24)(H,21,25)(H,22,26)(H,27,28). The Kier molecular flexibility index (Phi) is 11.9. The molecule has 0 aliphatic carbocycles. The molecule has 12 heteroatoms. The third-order valence-electron chi connectivity index (χ3n) is 4.32. The molecule has 0 rings (SSSR count). The van der Waals surface area contributed by atoms with Crippen LogP contribution in [0.3, 0.4) is 0 Å². The van der Waals surface area contributed by atoms with Gasteiger partial charge in [0, 0.05) is 12.2 Å². The fraction of sp³-hybridized carbons (Fsp3) is 0.706. The molecular weight excluding hydrogens is 402 g/mol. The lowest BCUT2D eigenvalue weighted by Gasteiger charge is -2.25. The lowest BCUT2D eigenvalue weighted by molar-refractivity contribution is -0.143. The van der Waals surface area contributed by atoms with Gasteiger partial charge in [0.1, 0.15) is 18.1 Å². The zero-order valence-corrected chi connectivity index (χ0v) is 17.7. The normalized spacial score (nSPS) is 15.9. The summed E-state index contributed by atoms with van der Waals surface area (Å²) in [5.74, 6) is -4.41. The first-order valence-electron chi connectivity index (χ1n) is 9.23. The number of carboxylic acid groups (broad SMARTS) is 1. The van der Waals surface area contributed by atoms with Crippen LogP contribution in [0.4, 0.5) is 0 Å². The fourth-order valence-corrected chi connectivity index (χ4v) is 2.52. The Hall–Kier alpha value is -2.34. The van der Waals surface area contributed by atoms with Crippen molar-refractivity contribution in [2.75, 3.05) is 5.75 Å². The average molecular weight is 434 g/mol. The highest BCUT2D eigenvalue weighted by molar-refractivity contribution is 7.80. The molecule has 0 aromatic rings. The predicted molar refractivity (Wildman–Crippen MR) is 109 cm³/mol. The van der Waals surface area contributed by atoms with Crippen LogP contribution in [-0.4, -0.2) is 64.6 Å². The van der Waals surface area contributed by atoms with Crippen molar-refractivity contribution in [3.05, 3.63) is 0 Å². The Morgan fingerprint density at radius 3 is 1.90 bits per heavy atom. The molecule has 5 atom stereocenters. The van der Waals surface area contributed by atoms with E-state index in [0.29, 0.717) is 6.42 Å². The number of hydrogen-bond donors (Lipinski definition) is 7. The number of primary amides is 1. The van der Waals surface area contributed by atoms with Crippen LogP contribution >= 0.6 is 12.6 Å². The van der Waals surface area contributed by atoms with Crippen molar-refractivity contribution in [3.63, 3.8) is 0 Å². The van der Waals surface area contributed by atoms with Gasteiger partial charge in [-0.15, -0.1) is 0 Å². The van der Waals surface area contributed by atoms with Gasteiger partial charge < -0.3 is 32.5 Å². The SMILES string of the molecule is CCC(C)C(NC(=O)C(CS)NC(=O)C(CCC(N)=O)NC(=O)C(C)N)C(=O)O. The Morgan fingerprint density at radius 1 is 0.966 bits per heavy atom. The number of nitrogens with one attached hydrogen (secondary N) is 3. The van der Waals surface area contributed by atoms with Crippen molar-refractivity contribution in [2.24, 2.45) is 17.4 Å². The minimum absolute atomic E-state index is 0.0921. The van der Waals surface area contributed by atoms with E-state index in [1.54, 1.807) is 13.8 Å². The first-order valence-corrected chi connectivity index (χ1v) is 9.86. The van der Waals surface area contributed by atoms with Gasteiger partial charge in [0.2, 0.25) is 23.6 Å². The highest BCUT2D eigenvalue weighted by Gasteiger charge is 2.31. The number of rotatable bonds is 13. The van der Waals surface area contributed by atoms with Gasteiger partial charge in [-0.1, -0.05) is 20.3 Å². The van der Waals surface area contributed by atoms with E-state index in [1.165, 1.54) is 6.92 Å². The van der Waals surface area contributed by atoms with Crippen molar-refractivity contribution in [1.29, 1.82) is 0 Å². The minimum atomic E-state index is -1.19. The molecule has 8 N–H and O–H groups in total. The molecule has 11 nitrogen and oxygen atoms in total. The molecule has 4 amide bonds. The van der Waals surface area contributed by atoms with E-state index in [1.807, 2.05) is 0 Å². The van der Waals surface area contributed by atoms with E-state index < -0.39 is 53.8 Å². The topological polar surface area (TPSA) is 194 Å². The minimum Gasteiger partial charge on any atom is -0.480 e. The van der Waals surface area contributed by atoms with Crippen LogP contribution < -0.4 is 27.4 Å². The van der Waals surface area contributed by atoms with E-state index in [4.69, 9.17) is 11.5 Å². The van der Waals surface area contributed by atoms with E-state index in [9.17, 15) is 29.1 Å². The quantitative estimate of drug-likeness (QED) is 0.165. The molecule has 0 aromatic carbocycles. The number of carbonyl (C=O) groups is 5. The van der Waals surface area contributed by atoms with E-state index in [0.717, 1.165) is 0 Å². The van der Waals surface area contributed by atoms with E-state index >= 15 is 0 Å². The van der Waals surface area contributed by atoms with Gasteiger partial charge in [-0.25, -0.2) is 4.79 Å². The van der Waals surface area contributed by atoms with Crippen molar-refractivity contribution in [3.8, 4) is 0 Å². The number of aliphatic carboxylic acids is 1. The zero-order valence-electron chi connectivity index (χ0n) is 16.8. The van der Waals surface area contributed by atoms with Crippen LogP contribution in [0.2, 0.25) is 0 Å². The number of amides is 4. The van der Waals surface area contributed by atoms with Gasteiger partial charge >= 0.3 is 5.97 Å². The second-order valence-electron chi connectivity index (χ2n) is 6.81. The van der Waals surface area contributed by atoms with Gasteiger partial charge in [0.25, 0.3) is 0 Å². The average Bonchev–Trinajstić information content (AvgIpc) is 2.65. The summed E-state index contributed by atoms with van der Waals surface area (Å²) in [4.78, 5) is 59.2.